The number of nitrogens with one attached hydrogen (secondary N) is 1. The van der Waals surface area contributed by atoms with E-state index in [9.17, 15) is 19.4 Å². The fraction of sp³-hybridized carbons (Fsp3) is 0.839. The highest BCUT2D eigenvalue weighted by Crippen LogP contribution is 2.43. The van der Waals surface area contributed by atoms with E-state index < -0.39 is 20.0 Å². The quantitative estimate of drug-likeness (QED) is 0.0404. The lowest BCUT2D eigenvalue weighted by Crippen LogP contribution is -2.45. The van der Waals surface area contributed by atoms with Crippen molar-refractivity contribution in [3.05, 3.63) is 24.3 Å². The Morgan fingerprint density at radius 3 is 1.93 bits per heavy atom. The van der Waals surface area contributed by atoms with Gasteiger partial charge in [0.1, 0.15) is 0 Å². The van der Waals surface area contributed by atoms with Crippen molar-refractivity contribution in [1.82, 2.24) is 5.32 Å². The molecule has 236 valence electrons. The molecule has 0 aliphatic heterocycles. The van der Waals surface area contributed by atoms with Crippen LogP contribution in [0.25, 0.3) is 0 Å². The standard InChI is InChI=1S/C31H61N2O6P/c1-3-5-7-9-11-13-15-17-19-21-23-25-31(35)33-29(28-39-40(36,37)38-27-26-32)30(34)24-22-20-18-16-14-12-10-8-6-4-2/h14,16,22,24,29-30,34H,3-13,15,17-21,23,25-28,32H2,1-2H3,(H,33,35)(H,36,37)/b16-14+,24-22+. The first-order valence-electron chi connectivity index (χ1n) is 16.0. The van der Waals surface area contributed by atoms with E-state index in [1.807, 2.05) is 6.08 Å². The number of hydrogen-bond acceptors (Lipinski definition) is 6. The van der Waals surface area contributed by atoms with E-state index in [0.717, 1.165) is 38.5 Å². The summed E-state index contributed by atoms with van der Waals surface area (Å²) in [5.74, 6) is -0.210. The van der Waals surface area contributed by atoms with Gasteiger partial charge in [0.2, 0.25) is 5.91 Å². The van der Waals surface area contributed by atoms with Crippen molar-refractivity contribution in [2.45, 2.75) is 148 Å². The largest absolute Gasteiger partial charge is 0.472 e. The van der Waals surface area contributed by atoms with E-state index in [1.54, 1.807) is 6.08 Å². The summed E-state index contributed by atoms with van der Waals surface area (Å²) in [5, 5.41) is 13.5. The zero-order valence-corrected chi connectivity index (χ0v) is 26.5. The molecular formula is C31H61N2O6P. The van der Waals surface area contributed by atoms with Crippen LogP contribution in [0, 0.1) is 0 Å². The molecule has 8 nitrogen and oxygen atoms in total. The Hall–Kier alpha value is -1.02. The Balaban J connectivity index is 4.48. The third kappa shape index (κ3) is 25.9. The number of carbonyl (C=O) groups is 1. The number of aliphatic hydroxyl groups is 1. The maximum Gasteiger partial charge on any atom is 0.472 e. The highest BCUT2D eigenvalue weighted by molar-refractivity contribution is 7.47. The Labute approximate surface area is 245 Å². The fourth-order valence-corrected chi connectivity index (χ4v) is 5.08. The highest BCUT2D eigenvalue weighted by Gasteiger charge is 2.26. The third-order valence-electron chi connectivity index (χ3n) is 6.78. The van der Waals surface area contributed by atoms with Crippen molar-refractivity contribution >= 4 is 13.7 Å². The number of phosphoric ester groups is 1. The van der Waals surface area contributed by atoms with E-state index in [4.69, 9.17) is 14.8 Å². The first kappa shape index (κ1) is 39.0. The molecule has 0 saturated carbocycles. The number of phosphoric acid groups is 1. The van der Waals surface area contributed by atoms with Crippen LogP contribution in [0.1, 0.15) is 136 Å². The summed E-state index contributed by atoms with van der Waals surface area (Å²) in [5.41, 5.74) is 5.32. The summed E-state index contributed by atoms with van der Waals surface area (Å²) < 4.78 is 21.9. The highest BCUT2D eigenvalue weighted by atomic mass is 31.2. The molecular weight excluding hydrogens is 527 g/mol. The Kier molecular flexibility index (Phi) is 27.4. The van der Waals surface area contributed by atoms with Gasteiger partial charge < -0.3 is 21.1 Å². The number of hydrogen-bond donors (Lipinski definition) is 4. The molecule has 9 heteroatoms. The lowest BCUT2D eigenvalue weighted by atomic mass is 10.0. The number of amides is 1. The van der Waals surface area contributed by atoms with Gasteiger partial charge in [-0.3, -0.25) is 13.8 Å². The molecule has 40 heavy (non-hydrogen) atoms. The van der Waals surface area contributed by atoms with Gasteiger partial charge in [0.15, 0.2) is 0 Å². The molecule has 0 aromatic heterocycles. The van der Waals surface area contributed by atoms with Gasteiger partial charge in [0, 0.05) is 13.0 Å². The number of rotatable bonds is 29. The molecule has 3 atom stereocenters. The molecule has 0 aromatic carbocycles. The van der Waals surface area contributed by atoms with Crippen molar-refractivity contribution in [2.24, 2.45) is 5.73 Å². The predicted molar refractivity (Wildman–Crippen MR) is 166 cm³/mol. The van der Waals surface area contributed by atoms with Gasteiger partial charge in [-0.2, -0.15) is 0 Å². The number of carbonyl (C=O) groups excluding carboxylic acids is 1. The molecule has 0 saturated heterocycles. The van der Waals surface area contributed by atoms with E-state index in [2.05, 4.69) is 31.3 Å². The van der Waals surface area contributed by atoms with E-state index in [0.29, 0.717) is 6.42 Å². The average Bonchev–Trinajstić information content (AvgIpc) is 2.93. The van der Waals surface area contributed by atoms with E-state index >= 15 is 0 Å². The number of aliphatic hydroxyl groups excluding tert-OH is 1. The molecule has 0 fully saturated rings. The van der Waals surface area contributed by atoms with Crippen LogP contribution in [0.2, 0.25) is 0 Å². The minimum Gasteiger partial charge on any atom is -0.387 e. The zero-order valence-electron chi connectivity index (χ0n) is 25.6. The minimum atomic E-state index is -4.32. The van der Waals surface area contributed by atoms with Crippen molar-refractivity contribution in [3.63, 3.8) is 0 Å². The molecule has 5 N–H and O–H groups in total. The van der Waals surface area contributed by atoms with E-state index in [-0.39, 0.29) is 25.7 Å². The molecule has 0 spiro atoms. The number of nitrogens with two attached hydrogens (primary N) is 1. The van der Waals surface area contributed by atoms with Crippen LogP contribution >= 0.6 is 7.82 Å². The Morgan fingerprint density at radius 2 is 1.32 bits per heavy atom. The lowest BCUT2D eigenvalue weighted by molar-refractivity contribution is -0.123. The van der Waals surface area contributed by atoms with Crippen LogP contribution in [0.5, 0.6) is 0 Å². The van der Waals surface area contributed by atoms with Gasteiger partial charge in [-0.1, -0.05) is 122 Å². The van der Waals surface area contributed by atoms with Gasteiger partial charge >= 0.3 is 7.82 Å². The second-order valence-electron chi connectivity index (χ2n) is 10.7. The van der Waals surface area contributed by atoms with Crippen LogP contribution < -0.4 is 11.1 Å². The van der Waals surface area contributed by atoms with Crippen molar-refractivity contribution in [2.75, 3.05) is 19.8 Å². The van der Waals surface area contributed by atoms with Gasteiger partial charge in [-0.05, 0) is 32.1 Å². The van der Waals surface area contributed by atoms with Crippen LogP contribution in [0.3, 0.4) is 0 Å². The molecule has 0 aliphatic rings. The molecule has 1 amide bonds. The summed E-state index contributed by atoms with van der Waals surface area (Å²) >= 11 is 0. The fourth-order valence-electron chi connectivity index (χ4n) is 4.32. The first-order valence-corrected chi connectivity index (χ1v) is 17.5. The second-order valence-corrected chi connectivity index (χ2v) is 12.1. The molecule has 0 radical (unpaired) electrons. The van der Waals surface area contributed by atoms with Crippen LogP contribution in [-0.2, 0) is 18.4 Å². The average molecular weight is 589 g/mol. The van der Waals surface area contributed by atoms with Crippen LogP contribution in [-0.4, -0.2) is 47.8 Å². The van der Waals surface area contributed by atoms with Gasteiger partial charge in [0.05, 0.1) is 25.4 Å². The number of unbranched alkanes of at least 4 members (excludes halogenated alkanes) is 15. The molecule has 0 aromatic rings. The maximum absolute atomic E-state index is 12.6. The monoisotopic (exact) mass is 588 g/mol. The number of allylic oxidation sites excluding steroid dienone is 3. The normalized spacial score (nSPS) is 15.0. The summed E-state index contributed by atoms with van der Waals surface area (Å²) in [6.45, 7) is 4.03. The molecule has 0 bridgehead atoms. The first-order chi connectivity index (χ1) is 19.4. The van der Waals surface area contributed by atoms with Crippen molar-refractivity contribution in [1.29, 1.82) is 0 Å². The summed E-state index contributed by atoms with van der Waals surface area (Å²) in [4.78, 5) is 22.4. The smallest absolute Gasteiger partial charge is 0.387 e. The van der Waals surface area contributed by atoms with E-state index in [1.165, 1.54) is 77.0 Å². The lowest BCUT2D eigenvalue weighted by Gasteiger charge is -2.23. The molecule has 0 rings (SSSR count). The topological polar surface area (TPSA) is 131 Å². The Bertz CT molecular complexity index is 689. The zero-order chi connectivity index (χ0) is 29.7. The Morgan fingerprint density at radius 1 is 0.800 bits per heavy atom. The van der Waals surface area contributed by atoms with Crippen molar-refractivity contribution < 1.29 is 28.4 Å². The molecule has 0 aliphatic carbocycles. The summed E-state index contributed by atoms with van der Waals surface area (Å²) in [6, 6.07) is -0.868. The molecule has 3 unspecified atom stereocenters. The summed E-state index contributed by atoms with van der Waals surface area (Å²) in [7, 11) is -4.32. The van der Waals surface area contributed by atoms with Crippen molar-refractivity contribution in [3.8, 4) is 0 Å². The molecule has 0 heterocycles. The SMILES string of the molecule is CCCCCC/C=C/CC/C=C/C(O)C(COP(=O)(O)OCCN)NC(=O)CCCCCCCCCCCCC. The van der Waals surface area contributed by atoms with Gasteiger partial charge in [-0.15, -0.1) is 0 Å². The van der Waals surface area contributed by atoms with Crippen LogP contribution in [0.4, 0.5) is 0 Å². The van der Waals surface area contributed by atoms with Gasteiger partial charge in [0.25, 0.3) is 0 Å². The third-order valence-corrected chi connectivity index (χ3v) is 7.76. The predicted octanol–water partition coefficient (Wildman–Crippen LogP) is 7.49. The van der Waals surface area contributed by atoms with Crippen LogP contribution in [0.15, 0.2) is 24.3 Å². The minimum absolute atomic E-state index is 0.0750. The second kappa shape index (κ2) is 28.1. The van der Waals surface area contributed by atoms with Gasteiger partial charge in [-0.25, -0.2) is 4.57 Å². The maximum atomic E-state index is 12.6. The summed E-state index contributed by atoms with van der Waals surface area (Å²) in [6.07, 6.45) is 28.0.